The van der Waals surface area contributed by atoms with Gasteiger partial charge in [0.1, 0.15) is 0 Å². The Bertz CT molecular complexity index is 399. The maximum absolute atomic E-state index is 12.6. The fourth-order valence-electron chi connectivity index (χ4n) is 4.13. The van der Waals surface area contributed by atoms with Crippen molar-refractivity contribution in [2.45, 2.75) is 37.6 Å². The molecule has 0 spiro atoms. The third kappa shape index (κ3) is 2.63. The second-order valence-corrected chi connectivity index (χ2v) is 6.93. The number of aliphatic hydroxyl groups excluding tert-OH is 1. The maximum atomic E-state index is 12.6. The Kier molecular flexibility index (Phi) is 3.87. The minimum atomic E-state index is -0.177. The minimum Gasteiger partial charge on any atom is -0.396 e. The van der Waals surface area contributed by atoms with Gasteiger partial charge < -0.3 is 15.3 Å². The van der Waals surface area contributed by atoms with Gasteiger partial charge in [-0.25, -0.2) is 0 Å². The van der Waals surface area contributed by atoms with Crippen molar-refractivity contribution in [2.24, 2.45) is 17.8 Å². The number of rotatable bonds is 4. The molecule has 4 nitrogen and oxygen atoms in total. The summed E-state index contributed by atoms with van der Waals surface area (Å²) in [6.45, 7) is 2.15. The van der Waals surface area contributed by atoms with E-state index in [2.05, 4.69) is 29.4 Å². The number of likely N-dealkylation sites (tertiary alicyclic amines) is 1. The fourth-order valence-corrected chi connectivity index (χ4v) is 4.13. The number of fused-ring (bicyclic) bond motifs is 2. The molecule has 0 aromatic rings. The second kappa shape index (κ2) is 5.49. The molecule has 3 unspecified atom stereocenters. The van der Waals surface area contributed by atoms with Crippen molar-refractivity contribution >= 4 is 5.91 Å². The van der Waals surface area contributed by atoms with Crippen molar-refractivity contribution in [3.05, 3.63) is 12.2 Å². The molecule has 1 saturated heterocycles. The zero-order valence-corrected chi connectivity index (χ0v) is 12.3. The molecule has 4 heteroatoms. The Hall–Kier alpha value is -0.870. The Balaban J connectivity index is 1.64. The quantitative estimate of drug-likeness (QED) is 0.759. The van der Waals surface area contributed by atoms with Crippen molar-refractivity contribution < 1.29 is 9.90 Å². The van der Waals surface area contributed by atoms with E-state index < -0.39 is 0 Å². The van der Waals surface area contributed by atoms with Gasteiger partial charge in [-0.1, -0.05) is 12.2 Å². The molecule has 112 valence electrons. The van der Waals surface area contributed by atoms with Crippen LogP contribution in [-0.2, 0) is 4.79 Å². The summed E-state index contributed by atoms with van der Waals surface area (Å²) in [7, 11) is 2.12. The van der Waals surface area contributed by atoms with E-state index in [1.54, 1.807) is 0 Å². The van der Waals surface area contributed by atoms with Gasteiger partial charge in [0.15, 0.2) is 0 Å². The van der Waals surface area contributed by atoms with Crippen LogP contribution in [0.1, 0.15) is 32.1 Å². The van der Waals surface area contributed by atoms with Crippen LogP contribution in [-0.4, -0.2) is 48.2 Å². The number of carbonyl (C=O) groups excluding carboxylic acids is 1. The van der Waals surface area contributed by atoms with Crippen LogP contribution in [0, 0.1) is 17.8 Å². The molecule has 1 aliphatic heterocycles. The van der Waals surface area contributed by atoms with Gasteiger partial charge in [0.25, 0.3) is 0 Å². The lowest BCUT2D eigenvalue weighted by Gasteiger charge is -2.42. The second-order valence-electron chi connectivity index (χ2n) is 6.93. The van der Waals surface area contributed by atoms with Gasteiger partial charge in [-0.3, -0.25) is 4.79 Å². The van der Waals surface area contributed by atoms with E-state index in [0.29, 0.717) is 18.3 Å². The number of hydrogen-bond donors (Lipinski definition) is 2. The van der Waals surface area contributed by atoms with Crippen LogP contribution in [0.3, 0.4) is 0 Å². The lowest BCUT2D eigenvalue weighted by atomic mass is 9.83. The topological polar surface area (TPSA) is 52.6 Å². The van der Waals surface area contributed by atoms with Gasteiger partial charge >= 0.3 is 0 Å². The molecular formula is C16H26N2O2. The van der Waals surface area contributed by atoms with Crippen LogP contribution < -0.4 is 5.32 Å². The molecular weight excluding hydrogens is 252 g/mol. The smallest absolute Gasteiger partial charge is 0.224 e. The highest BCUT2D eigenvalue weighted by molar-refractivity contribution is 5.80. The highest BCUT2D eigenvalue weighted by Crippen LogP contribution is 2.43. The normalized spacial score (nSPS) is 35.4. The van der Waals surface area contributed by atoms with Crippen molar-refractivity contribution in [3.8, 4) is 0 Å². The third-order valence-electron chi connectivity index (χ3n) is 5.54. The Morgan fingerprint density at radius 2 is 2.10 bits per heavy atom. The van der Waals surface area contributed by atoms with E-state index in [1.807, 2.05) is 0 Å². The van der Waals surface area contributed by atoms with Crippen LogP contribution in [0.5, 0.6) is 0 Å². The van der Waals surface area contributed by atoms with Crippen molar-refractivity contribution in [1.82, 2.24) is 10.2 Å². The number of hydrogen-bond acceptors (Lipinski definition) is 3. The van der Waals surface area contributed by atoms with Crippen molar-refractivity contribution in [1.29, 1.82) is 0 Å². The van der Waals surface area contributed by atoms with E-state index >= 15 is 0 Å². The number of nitrogens with zero attached hydrogens (tertiary/aromatic N) is 1. The molecule has 1 amide bonds. The maximum Gasteiger partial charge on any atom is 0.224 e. The molecule has 0 radical (unpaired) electrons. The summed E-state index contributed by atoms with van der Waals surface area (Å²) in [6.07, 6.45) is 9.26. The van der Waals surface area contributed by atoms with Gasteiger partial charge in [-0.15, -0.1) is 0 Å². The molecule has 1 heterocycles. The van der Waals surface area contributed by atoms with Crippen LogP contribution in [0.4, 0.5) is 0 Å². The van der Waals surface area contributed by atoms with Crippen LogP contribution in [0.25, 0.3) is 0 Å². The first-order chi connectivity index (χ1) is 9.62. The van der Waals surface area contributed by atoms with Gasteiger partial charge in [0.05, 0.1) is 0 Å². The van der Waals surface area contributed by atoms with E-state index in [1.165, 1.54) is 0 Å². The average Bonchev–Trinajstić information content (AvgIpc) is 3.05. The highest BCUT2D eigenvalue weighted by atomic mass is 16.3. The number of carbonyl (C=O) groups is 1. The number of amides is 1. The first-order valence-corrected chi connectivity index (χ1v) is 7.92. The molecule has 2 aliphatic carbocycles. The van der Waals surface area contributed by atoms with Crippen molar-refractivity contribution in [2.75, 3.05) is 26.7 Å². The van der Waals surface area contributed by atoms with Gasteiger partial charge in [-0.2, -0.15) is 0 Å². The molecule has 2 fully saturated rings. The first-order valence-electron chi connectivity index (χ1n) is 7.92. The number of piperidine rings is 1. The van der Waals surface area contributed by atoms with Crippen molar-refractivity contribution in [3.63, 3.8) is 0 Å². The number of nitrogens with one attached hydrogen (secondary N) is 1. The molecule has 1 saturated carbocycles. The van der Waals surface area contributed by atoms with E-state index in [4.69, 9.17) is 0 Å². The number of aliphatic hydroxyl groups is 1. The first kappa shape index (κ1) is 14.1. The zero-order valence-electron chi connectivity index (χ0n) is 12.3. The summed E-state index contributed by atoms with van der Waals surface area (Å²) in [6, 6.07) is 0. The predicted molar refractivity (Wildman–Crippen MR) is 78.2 cm³/mol. The molecule has 3 aliphatic rings. The lowest BCUT2D eigenvalue weighted by molar-refractivity contribution is -0.128. The van der Waals surface area contributed by atoms with E-state index in [-0.39, 0.29) is 24.0 Å². The van der Waals surface area contributed by atoms with Gasteiger partial charge in [0.2, 0.25) is 5.91 Å². The van der Waals surface area contributed by atoms with Gasteiger partial charge in [0, 0.05) is 31.2 Å². The monoisotopic (exact) mass is 278 g/mol. The molecule has 0 aromatic carbocycles. The molecule has 0 aromatic heterocycles. The van der Waals surface area contributed by atoms with Crippen LogP contribution in [0.15, 0.2) is 12.2 Å². The highest BCUT2D eigenvalue weighted by Gasteiger charge is 2.43. The summed E-state index contributed by atoms with van der Waals surface area (Å²) < 4.78 is 0. The SMILES string of the molecule is CN1CCC(CCO)(NC(=O)C2CC3C=CC2C3)CC1. The largest absolute Gasteiger partial charge is 0.396 e. The Morgan fingerprint density at radius 3 is 2.65 bits per heavy atom. The van der Waals surface area contributed by atoms with E-state index in [9.17, 15) is 9.90 Å². The fraction of sp³-hybridized carbons (Fsp3) is 0.812. The Morgan fingerprint density at radius 1 is 1.35 bits per heavy atom. The van der Waals surface area contributed by atoms with Crippen LogP contribution >= 0.6 is 0 Å². The summed E-state index contributed by atoms with van der Waals surface area (Å²) in [5, 5.41) is 12.7. The van der Waals surface area contributed by atoms with E-state index in [0.717, 1.165) is 38.8 Å². The summed E-state index contributed by atoms with van der Waals surface area (Å²) in [5.74, 6) is 1.47. The standard InChI is InChI=1S/C16H26N2O2/c1-18-7-4-16(5-8-18,6-9-19)17-15(20)14-11-12-2-3-13(14)10-12/h2-3,12-14,19H,4-11H2,1H3,(H,17,20). The molecule has 20 heavy (non-hydrogen) atoms. The Labute approximate surface area is 121 Å². The molecule has 3 atom stereocenters. The minimum absolute atomic E-state index is 0.153. The zero-order chi connectivity index (χ0) is 14.2. The average molecular weight is 278 g/mol. The third-order valence-corrected chi connectivity index (χ3v) is 5.54. The summed E-state index contributed by atoms with van der Waals surface area (Å²) in [4.78, 5) is 14.9. The molecule has 2 bridgehead atoms. The van der Waals surface area contributed by atoms with Crippen LogP contribution in [0.2, 0.25) is 0 Å². The summed E-state index contributed by atoms with van der Waals surface area (Å²) >= 11 is 0. The molecule has 3 rings (SSSR count). The van der Waals surface area contributed by atoms with Gasteiger partial charge in [-0.05, 0) is 51.0 Å². The predicted octanol–water partition coefficient (Wildman–Crippen LogP) is 1.16. The number of allylic oxidation sites excluding steroid dienone is 2. The lowest BCUT2D eigenvalue weighted by Crippen LogP contribution is -2.56. The summed E-state index contributed by atoms with van der Waals surface area (Å²) in [5.41, 5.74) is -0.177. The molecule has 2 N–H and O–H groups in total.